The molecule has 0 heterocycles. The molecule has 7 heteroatoms. The van der Waals surface area contributed by atoms with Gasteiger partial charge in [-0.2, -0.15) is 0 Å². The van der Waals surface area contributed by atoms with Crippen LogP contribution in [0.2, 0.25) is 0 Å². The molecule has 116 valence electrons. The highest BCUT2D eigenvalue weighted by molar-refractivity contribution is 5.70. The molecule has 2 N–H and O–H groups in total. The second-order valence-corrected chi connectivity index (χ2v) is 5.16. The minimum absolute atomic E-state index is 0.0412. The van der Waals surface area contributed by atoms with Crippen molar-refractivity contribution >= 4 is 5.97 Å². The summed E-state index contributed by atoms with van der Waals surface area (Å²) in [7, 11) is 0. The fraction of sp³-hybridized carbons (Fsp3) is 0.500. The van der Waals surface area contributed by atoms with Crippen molar-refractivity contribution in [3.63, 3.8) is 0 Å². The van der Waals surface area contributed by atoms with Crippen LogP contribution in [-0.4, -0.2) is 22.5 Å². The summed E-state index contributed by atoms with van der Waals surface area (Å²) >= 11 is 0. The van der Waals surface area contributed by atoms with E-state index in [-0.39, 0.29) is 17.6 Å². The number of aliphatic carboxylic acids is 1. The maximum Gasteiger partial charge on any atom is 0.573 e. The molecule has 0 atom stereocenters. The van der Waals surface area contributed by atoms with Crippen molar-refractivity contribution in [2.24, 2.45) is 5.92 Å². The van der Waals surface area contributed by atoms with Gasteiger partial charge < -0.3 is 14.9 Å². The molecule has 21 heavy (non-hydrogen) atoms. The first-order valence-electron chi connectivity index (χ1n) is 6.57. The van der Waals surface area contributed by atoms with E-state index in [4.69, 9.17) is 5.11 Å². The molecule has 1 aromatic rings. The molecule has 4 nitrogen and oxygen atoms in total. The number of benzene rings is 1. The Morgan fingerprint density at radius 3 is 2.29 bits per heavy atom. The van der Waals surface area contributed by atoms with Crippen molar-refractivity contribution in [2.45, 2.75) is 38.0 Å². The van der Waals surface area contributed by atoms with Gasteiger partial charge in [0.05, 0.1) is 5.92 Å². The Morgan fingerprint density at radius 2 is 1.81 bits per heavy atom. The number of hydrogen-bond donors (Lipinski definition) is 2. The first kappa shape index (κ1) is 15.5. The lowest BCUT2D eigenvalue weighted by Gasteiger charge is -2.27. The maximum absolute atomic E-state index is 12.1. The molecule has 0 spiro atoms. The van der Waals surface area contributed by atoms with E-state index in [1.807, 2.05) is 0 Å². The molecular formula is C14H15F3O4. The van der Waals surface area contributed by atoms with Crippen molar-refractivity contribution in [1.82, 2.24) is 0 Å². The molecule has 0 unspecified atom stereocenters. The normalized spacial score (nSPS) is 22.8. The Bertz CT molecular complexity index is 519. The van der Waals surface area contributed by atoms with Crippen LogP contribution in [0.1, 0.15) is 37.2 Å². The van der Waals surface area contributed by atoms with Crippen molar-refractivity contribution in [3.05, 3.63) is 23.8 Å². The quantitative estimate of drug-likeness (QED) is 0.894. The zero-order chi connectivity index (χ0) is 15.6. The summed E-state index contributed by atoms with van der Waals surface area (Å²) in [4.78, 5) is 10.9. The second-order valence-electron chi connectivity index (χ2n) is 5.16. The molecule has 0 saturated heterocycles. The molecule has 1 aliphatic rings. The highest BCUT2D eigenvalue weighted by Crippen LogP contribution is 2.40. The average molecular weight is 304 g/mol. The molecule has 1 aliphatic carbocycles. The number of phenolic OH excluding ortho intramolecular Hbond substituents is 1. The van der Waals surface area contributed by atoms with Gasteiger partial charge in [0.25, 0.3) is 0 Å². The van der Waals surface area contributed by atoms with E-state index >= 15 is 0 Å². The van der Waals surface area contributed by atoms with Gasteiger partial charge in [-0.15, -0.1) is 13.2 Å². The van der Waals surface area contributed by atoms with Gasteiger partial charge in [0, 0.05) is 6.07 Å². The molecule has 1 saturated carbocycles. The predicted octanol–water partition coefficient (Wildman–Crippen LogP) is 3.65. The standard InChI is InChI=1S/C14H15F3O4/c15-14(16,17)21-10-5-6-11(12(18)7-10)8-1-3-9(4-2-8)13(19)20/h5-9,18H,1-4H2,(H,19,20). The first-order valence-corrected chi connectivity index (χ1v) is 6.57. The monoisotopic (exact) mass is 304 g/mol. The summed E-state index contributed by atoms with van der Waals surface area (Å²) in [5.41, 5.74) is 0.536. The highest BCUT2D eigenvalue weighted by Gasteiger charge is 2.32. The number of halogens is 3. The van der Waals surface area contributed by atoms with E-state index in [0.717, 1.165) is 12.1 Å². The molecule has 1 fully saturated rings. The van der Waals surface area contributed by atoms with Crippen molar-refractivity contribution in [2.75, 3.05) is 0 Å². The third kappa shape index (κ3) is 4.03. The SMILES string of the molecule is O=C(O)C1CCC(c2ccc(OC(F)(F)F)cc2O)CC1. The third-order valence-corrected chi connectivity index (χ3v) is 3.75. The molecule has 0 aliphatic heterocycles. The summed E-state index contributed by atoms with van der Waals surface area (Å²) in [6.07, 6.45) is -2.62. The number of carboxylic acid groups (broad SMARTS) is 1. The number of aromatic hydroxyl groups is 1. The van der Waals surface area contributed by atoms with E-state index in [1.54, 1.807) is 0 Å². The smallest absolute Gasteiger partial charge is 0.508 e. The number of phenols is 1. The van der Waals surface area contributed by atoms with Crippen LogP contribution in [0.4, 0.5) is 13.2 Å². The van der Waals surface area contributed by atoms with Gasteiger partial charge in [-0.25, -0.2) is 0 Å². The molecule has 0 aromatic heterocycles. The Kier molecular flexibility index (Phi) is 4.29. The number of ether oxygens (including phenoxy) is 1. The Hall–Kier alpha value is -1.92. The van der Waals surface area contributed by atoms with E-state index in [1.165, 1.54) is 6.07 Å². The van der Waals surface area contributed by atoms with Crippen LogP contribution < -0.4 is 4.74 Å². The fourth-order valence-corrected chi connectivity index (χ4v) is 2.72. The van der Waals surface area contributed by atoms with Gasteiger partial charge in [0.2, 0.25) is 0 Å². The molecule has 1 aromatic carbocycles. The minimum Gasteiger partial charge on any atom is -0.508 e. The number of rotatable bonds is 3. The lowest BCUT2D eigenvalue weighted by atomic mass is 9.78. The molecule has 0 amide bonds. The second kappa shape index (κ2) is 5.83. The molecule has 2 rings (SSSR count). The van der Waals surface area contributed by atoms with Gasteiger partial charge in [0.1, 0.15) is 11.5 Å². The van der Waals surface area contributed by atoms with Crippen LogP contribution in [0.5, 0.6) is 11.5 Å². The average Bonchev–Trinajstić information content (AvgIpc) is 2.37. The zero-order valence-corrected chi connectivity index (χ0v) is 11.1. The van der Waals surface area contributed by atoms with Crippen LogP contribution in [0.3, 0.4) is 0 Å². The number of carboxylic acids is 1. The first-order chi connectivity index (χ1) is 9.76. The maximum atomic E-state index is 12.1. The molecule has 0 radical (unpaired) electrons. The van der Waals surface area contributed by atoms with E-state index in [9.17, 15) is 23.1 Å². The Balaban J connectivity index is 2.06. The Morgan fingerprint density at radius 1 is 1.19 bits per heavy atom. The van der Waals surface area contributed by atoms with Gasteiger partial charge in [-0.3, -0.25) is 4.79 Å². The third-order valence-electron chi connectivity index (χ3n) is 3.75. The molecular weight excluding hydrogens is 289 g/mol. The topological polar surface area (TPSA) is 66.8 Å². The lowest BCUT2D eigenvalue weighted by molar-refractivity contribution is -0.274. The van der Waals surface area contributed by atoms with Gasteiger partial charge >= 0.3 is 12.3 Å². The van der Waals surface area contributed by atoms with Crippen molar-refractivity contribution in [1.29, 1.82) is 0 Å². The summed E-state index contributed by atoms with van der Waals surface area (Å²) in [6, 6.07) is 3.50. The van der Waals surface area contributed by atoms with E-state index in [2.05, 4.69) is 4.74 Å². The van der Waals surface area contributed by atoms with E-state index < -0.39 is 18.1 Å². The Labute approximate surface area is 119 Å². The summed E-state index contributed by atoms with van der Waals surface area (Å²) in [5.74, 6) is -1.97. The summed E-state index contributed by atoms with van der Waals surface area (Å²) in [6.45, 7) is 0. The van der Waals surface area contributed by atoms with Crippen LogP contribution in [0.15, 0.2) is 18.2 Å². The van der Waals surface area contributed by atoms with Crippen LogP contribution in [0, 0.1) is 5.92 Å². The van der Waals surface area contributed by atoms with Crippen LogP contribution in [0.25, 0.3) is 0 Å². The number of hydrogen-bond acceptors (Lipinski definition) is 3. The number of carbonyl (C=O) groups is 1. The molecule has 0 bridgehead atoms. The predicted molar refractivity (Wildman–Crippen MR) is 67.1 cm³/mol. The summed E-state index contributed by atoms with van der Waals surface area (Å²) < 4.78 is 40.0. The van der Waals surface area contributed by atoms with Crippen LogP contribution in [-0.2, 0) is 4.79 Å². The van der Waals surface area contributed by atoms with Gasteiger partial charge in [0.15, 0.2) is 0 Å². The van der Waals surface area contributed by atoms with E-state index in [0.29, 0.717) is 31.2 Å². The fourth-order valence-electron chi connectivity index (χ4n) is 2.72. The summed E-state index contributed by atoms with van der Waals surface area (Å²) in [5, 5.41) is 18.8. The van der Waals surface area contributed by atoms with Crippen molar-refractivity contribution in [3.8, 4) is 11.5 Å². The minimum atomic E-state index is -4.80. The van der Waals surface area contributed by atoms with Gasteiger partial charge in [-0.1, -0.05) is 6.07 Å². The van der Waals surface area contributed by atoms with Crippen molar-refractivity contribution < 1.29 is 32.9 Å². The highest BCUT2D eigenvalue weighted by atomic mass is 19.4. The van der Waals surface area contributed by atoms with Crippen LogP contribution >= 0.6 is 0 Å². The largest absolute Gasteiger partial charge is 0.573 e. The number of alkyl halides is 3. The van der Waals surface area contributed by atoms with Gasteiger partial charge in [-0.05, 0) is 43.2 Å². The zero-order valence-electron chi connectivity index (χ0n) is 11.1. The lowest BCUT2D eigenvalue weighted by Crippen LogP contribution is -2.20.